The van der Waals surface area contributed by atoms with Crippen LogP contribution in [-0.4, -0.2) is 26.1 Å². The summed E-state index contributed by atoms with van der Waals surface area (Å²) in [6, 6.07) is 20.5. The molecule has 5 heteroatoms. The van der Waals surface area contributed by atoms with E-state index < -0.39 is 0 Å². The Morgan fingerprint density at radius 3 is 2.79 bits per heavy atom. The molecule has 2 aromatic carbocycles. The van der Waals surface area contributed by atoms with Gasteiger partial charge in [0.25, 0.3) is 5.91 Å². The number of ether oxygens (including phenoxy) is 1. The standard InChI is InChI=1S/C23H24N2O2S/c1-27-20-9-4-8-18(14-20)23(26)24-15-21(22-10-5-13-28-22)25-12-11-17-6-2-3-7-19(17)16-25/h2-10,13-14,21H,11-12,15-16H2,1H3,(H,24,26)/p+1/t21-/m0/s1. The van der Waals surface area contributed by atoms with E-state index in [1.54, 1.807) is 24.5 Å². The lowest BCUT2D eigenvalue weighted by atomic mass is 9.98. The lowest BCUT2D eigenvalue weighted by Crippen LogP contribution is -3.12. The Labute approximate surface area is 169 Å². The van der Waals surface area contributed by atoms with E-state index in [4.69, 9.17) is 4.74 Å². The van der Waals surface area contributed by atoms with Gasteiger partial charge in [-0.25, -0.2) is 0 Å². The Bertz CT molecular complexity index is 939. The summed E-state index contributed by atoms with van der Waals surface area (Å²) in [5.74, 6) is 0.637. The van der Waals surface area contributed by atoms with Crippen LogP contribution in [-0.2, 0) is 13.0 Å². The summed E-state index contributed by atoms with van der Waals surface area (Å²) in [4.78, 5) is 15.5. The highest BCUT2D eigenvalue weighted by Gasteiger charge is 2.29. The number of fused-ring (bicyclic) bond motifs is 1. The molecular weight excluding hydrogens is 368 g/mol. The molecule has 2 N–H and O–H groups in total. The monoisotopic (exact) mass is 393 g/mol. The summed E-state index contributed by atoms with van der Waals surface area (Å²) < 4.78 is 5.24. The predicted octanol–water partition coefficient (Wildman–Crippen LogP) is 2.87. The molecule has 0 aliphatic carbocycles. The zero-order chi connectivity index (χ0) is 19.3. The van der Waals surface area contributed by atoms with E-state index in [1.807, 2.05) is 18.2 Å². The van der Waals surface area contributed by atoms with Gasteiger partial charge in [0.2, 0.25) is 0 Å². The van der Waals surface area contributed by atoms with Gasteiger partial charge in [0.05, 0.1) is 25.1 Å². The van der Waals surface area contributed by atoms with Crippen LogP contribution in [0.2, 0.25) is 0 Å². The summed E-state index contributed by atoms with van der Waals surface area (Å²) in [6.07, 6.45) is 1.08. The first kappa shape index (κ1) is 18.7. The first-order valence-corrected chi connectivity index (χ1v) is 10.5. The van der Waals surface area contributed by atoms with E-state index in [-0.39, 0.29) is 11.9 Å². The van der Waals surface area contributed by atoms with Crippen molar-refractivity contribution in [2.45, 2.75) is 19.0 Å². The number of carbonyl (C=O) groups is 1. The Hall–Kier alpha value is -2.63. The number of quaternary nitrogens is 1. The smallest absolute Gasteiger partial charge is 0.251 e. The van der Waals surface area contributed by atoms with Crippen molar-refractivity contribution in [1.82, 2.24) is 5.32 Å². The van der Waals surface area contributed by atoms with Gasteiger partial charge in [-0.05, 0) is 35.2 Å². The lowest BCUT2D eigenvalue weighted by molar-refractivity contribution is -0.945. The Balaban J connectivity index is 1.49. The molecule has 4 nitrogen and oxygen atoms in total. The molecule has 1 aliphatic rings. The third-order valence-corrected chi connectivity index (χ3v) is 6.42. The number of hydrogen-bond acceptors (Lipinski definition) is 3. The highest BCUT2D eigenvalue weighted by Crippen LogP contribution is 2.19. The number of thiophene rings is 1. The number of rotatable bonds is 6. The molecule has 1 aliphatic heterocycles. The second kappa shape index (κ2) is 8.59. The molecule has 144 valence electrons. The van der Waals surface area contributed by atoms with Crippen molar-refractivity contribution in [3.05, 3.63) is 87.6 Å². The average Bonchev–Trinajstić information content (AvgIpc) is 3.28. The second-order valence-electron chi connectivity index (χ2n) is 7.11. The number of benzene rings is 2. The first-order valence-electron chi connectivity index (χ1n) is 9.61. The largest absolute Gasteiger partial charge is 0.497 e. The maximum Gasteiger partial charge on any atom is 0.251 e. The van der Waals surface area contributed by atoms with Gasteiger partial charge in [0.1, 0.15) is 18.3 Å². The predicted molar refractivity (Wildman–Crippen MR) is 112 cm³/mol. The number of carbonyl (C=O) groups excluding carboxylic acids is 1. The van der Waals surface area contributed by atoms with E-state index in [9.17, 15) is 4.79 Å². The van der Waals surface area contributed by atoms with E-state index in [1.165, 1.54) is 20.9 Å². The molecule has 2 atom stereocenters. The van der Waals surface area contributed by atoms with Crippen molar-refractivity contribution in [3.63, 3.8) is 0 Å². The molecule has 0 saturated heterocycles. The van der Waals surface area contributed by atoms with Gasteiger partial charge < -0.3 is 15.0 Å². The van der Waals surface area contributed by atoms with E-state index >= 15 is 0 Å². The maximum absolute atomic E-state index is 12.7. The zero-order valence-electron chi connectivity index (χ0n) is 16.0. The Morgan fingerprint density at radius 1 is 1.14 bits per heavy atom. The quantitative estimate of drug-likeness (QED) is 0.676. The van der Waals surface area contributed by atoms with Gasteiger partial charge in [-0.1, -0.05) is 36.4 Å². The molecule has 0 spiro atoms. The highest BCUT2D eigenvalue weighted by molar-refractivity contribution is 7.10. The van der Waals surface area contributed by atoms with Crippen LogP contribution in [0.5, 0.6) is 5.75 Å². The fraction of sp³-hybridized carbons (Fsp3) is 0.261. The van der Waals surface area contributed by atoms with Crippen molar-refractivity contribution >= 4 is 17.2 Å². The zero-order valence-corrected chi connectivity index (χ0v) is 16.8. The molecule has 28 heavy (non-hydrogen) atoms. The normalized spacial score (nSPS) is 16.8. The Morgan fingerprint density at radius 2 is 2.00 bits per heavy atom. The van der Waals surface area contributed by atoms with Gasteiger partial charge in [0, 0.05) is 17.5 Å². The minimum Gasteiger partial charge on any atom is -0.497 e. The van der Waals surface area contributed by atoms with Crippen LogP contribution in [0.3, 0.4) is 0 Å². The molecular formula is C23H25N2O2S+. The molecule has 0 saturated carbocycles. The fourth-order valence-electron chi connectivity index (χ4n) is 3.90. The number of nitrogens with one attached hydrogen (secondary N) is 2. The molecule has 0 radical (unpaired) electrons. The third-order valence-electron chi connectivity index (χ3n) is 5.43. The van der Waals surface area contributed by atoms with E-state index in [0.29, 0.717) is 17.9 Å². The maximum atomic E-state index is 12.7. The number of amides is 1. The topological polar surface area (TPSA) is 42.8 Å². The fourth-order valence-corrected chi connectivity index (χ4v) is 4.78. The highest BCUT2D eigenvalue weighted by atomic mass is 32.1. The van der Waals surface area contributed by atoms with E-state index in [0.717, 1.165) is 19.5 Å². The molecule has 1 aromatic heterocycles. The van der Waals surface area contributed by atoms with Crippen molar-refractivity contribution in [3.8, 4) is 5.75 Å². The molecule has 1 amide bonds. The summed E-state index contributed by atoms with van der Waals surface area (Å²) in [5, 5.41) is 5.27. The van der Waals surface area contributed by atoms with Gasteiger partial charge >= 0.3 is 0 Å². The third kappa shape index (κ3) is 4.11. The van der Waals surface area contributed by atoms with Crippen LogP contribution in [0.1, 0.15) is 32.4 Å². The first-order chi connectivity index (χ1) is 13.7. The van der Waals surface area contributed by atoms with Crippen LogP contribution in [0.25, 0.3) is 0 Å². The van der Waals surface area contributed by atoms with Crippen LogP contribution < -0.4 is 15.0 Å². The minimum absolute atomic E-state index is 0.0581. The van der Waals surface area contributed by atoms with Crippen LogP contribution in [0.15, 0.2) is 66.0 Å². The van der Waals surface area contributed by atoms with Crippen LogP contribution in [0.4, 0.5) is 0 Å². The lowest BCUT2D eigenvalue weighted by Gasteiger charge is -2.32. The average molecular weight is 394 g/mol. The summed E-state index contributed by atoms with van der Waals surface area (Å²) in [7, 11) is 1.61. The molecule has 2 heterocycles. The summed E-state index contributed by atoms with van der Waals surface area (Å²) in [5.41, 5.74) is 3.50. The summed E-state index contributed by atoms with van der Waals surface area (Å²) >= 11 is 1.77. The van der Waals surface area contributed by atoms with Gasteiger partial charge in [-0.15, -0.1) is 11.3 Å². The van der Waals surface area contributed by atoms with Crippen LogP contribution in [0, 0.1) is 0 Å². The molecule has 0 fully saturated rings. The van der Waals surface area contributed by atoms with Crippen LogP contribution >= 0.6 is 11.3 Å². The molecule has 1 unspecified atom stereocenters. The Kier molecular flexibility index (Phi) is 5.74. The van der Waals surface area contributed by atoms with Crippen molar-refractivity contribution < 1.29 is 14.4 Å². The van der Waals surface area contributed by atoms with Gasteiger partial charge in [0.15, 0.2) is 0 Å². The number of methoxy groups -OCH3 is 1. The second-order valence-corrected chi connectivity index (χ2v) is 8.09. The van der Waals surface area contributed by atoms with Crippen molar-refractivity contribution in [1.29, 1.82) is 0 Å². The van der Waals surface area contributed by atoms with E-state index in [2.05, 4.69) is 47.1 Å². The summed E-state index contributed by atoms with van der Waals surface area (Å²) in [6.45, 7) is 2.69. The van der Waals surface area contributed by atoms with Gasteiger partial charge in [-0.3, -0.25) is 4.79 Å². The minimum atomic E-state index is -0.0581. The van der Waals surface area contributed by atoms with Gasteiger partial charge in [-0.2, -0.15) is 0 Å². The molecule has 3 aromatic rings. The molecule has 0 bridgehead atoms. The molecule has 4 rings (SSSR count). The van der Waals surface area contributed by atoms with Crippen molar-refractivity contribution in [2.24, 2.45) is 0 Å². The van der Waals surface area contributed by atoms with Crippen molar-refractivity contribution in [2.75, 3.05) is 20.2 Å². The SMILES string of the molecule is COc1cccc(C(=O)NC[C@@H](c2cccs2)[NH+]2CCc3ccccc3C2)c1. The number of hydrogen-bond donors (Lipinski definition) is 2.